The van der Waals surface area contributed by atoms with Gasteiger partial charge in [0.1, 0.15) is 18.1 Å². The number of nitrogens with zero attached hydrogens (tertiary/aromatic N) is 3. The number of rotatable bonds is 6. The number of allylic oxidation sites excluding steroid dienone is 2. The molecule has 0 atom stereocenters. The average molecular weight is 381 g/mol. The number of pyridine rings is 1. The molecule has 4 rings (SSSR count). The van der Waals surface area contributed by atoms with Crippen molar-refractivity contribution in [2.75, 3.05) is 12.5 Å². The summed E-state index contributed by atoms with van der Waals surface area (Å²) in [7, 11) is 0. The van der Waals surface area contributed by atoms with Crippen LogP contribution in [0.2, 0.25) is 0 Å². The molecule has 138 valence electrons. The maximum absolute atomic E-state index is 7.78. The van der Waals surface area contributed by atoms with Crippen molar-refractivity contribution in [3.63, 3.8) is 0 Å². The molecule has 0 saturated heterocycles. The number of fused-ring (bicyclic) bond motifs is 2. The van der Waals surface area contributed by atoms with Crippen LogP contribution in [0.3, 0.4) is 0 Å². The first kappa shape index (κ1) is 17.7. The van der Waals surface area contributed by atoms with E-state index in [1.807, 2.05) is 43.5 Å². The van der Waals surface area contributed by atoms with Gasteiger partial charge in [-0.2, -0.15) is 5.10 Å². The van der Waals surface area contributed by atoms with E-state index in [-0.39, 0.29) is 0 Å². The molecule has 0 radical (unpaired) electrons. The van der Waals surface area contributed by atoms with Crippen LogP contribution in [-0.2, 0) is 13.0 Å². The van der Waals surface area contributed by atoms with Crippen LogP contribution in [0, 0.1) is 5.41 Å². The molecular weight excluding hydrogens is 360 g/mol. The Bertz CT molecular complexity index is 1040. The minimum Gasteiger partial charge on any atom is -0.492 e. The van der Waals surface area contributed by atoms with Gasteiger partial charge in [0, 0.05) is 47.2 Å². The summed E-state index contributed by atoms with van der Waals surface area (Å²) in [6.45, 7) is 3.34. The van der Waals surface area contributed by atoms with Crippen LogP contribution in [0.4, 0.5) is 0 Å². The van der Waals surface area contributed by atoms with Crippen LogP contribution in [0.1, 0.15) is 24.7 Å². The first-order valence-electron chi connectivity index (χ1n) is 9.11. The van der Waals surface area contributed by atoms with Crippen molar-refractivity contribution in [3.8, 4) is 16.9 Å². The zero-order chi connectivity index (χ0) is 18.8. The van der Waals surface area contributed by atoms with Gasteiger partial charge in [-0.1, -0.05) is 6.08 Å². The van der Waals surface area contributed by atoms with Gasteiger partial charge in [0.15, 0.2) is 0 Å². The van der Waals surface area contributed by atoms with Crippen LogP contribution in [0.25, 0.3) is 27.6 Å². The number of hydrogen-bond donors (Lipinski definition) is 1. The van der Waals surface area contributed by atoms with Gasteiger partial charge >= 0.3 is 0 Å². The Kier molecular flexibility index (Phi) is 4.94. The highest BCUT2D eigenvalue weighted by Gasteiger charge is 2.25. The third kappa shape index (κ3) is 3.12. The Morgan fingerprint density at radius 2 is 2.26 bits per heavy atom. The van der Waals surface area contributed by atoms with E-state index < -0.39 is 0 Å². The number of nitrogens with one attached hydrogen (secondary N) is 1. The van der Waals surface area contributed by atoms with E-state index in [1.165, 1.54) is 11.9 Å². The van der Waals surface area contributed by atoms with Crippen molar-refractivity contribution in [3.05, 3.63) is 47.9 Å². The van der Waals surface area contributed by atoms with Crippen molar-refractivity contribution in [1.29, 1.82) is 5.41 Å². The van der Waals surface area contributed by atoms with Crippen molar-refractivity contribution < 1.29 is 4.74 Å². The first-order valence-corrected chi connectivity index (χ1v) is 9.65. The molecule has 0 amide bonds. The molecule has 6 heteroatoms. The second-order valence-corrected chi connectivity index (χ2v) is 6.84. The normalized spacial score (nSPS) is 13.8. The van der Waals surface area contributed by atoms with Crippen molar-refractivity contribution in [2.45, 2.75) is 26.3 Å². The van der Waals surface area contributed by atoms with E-state index in [0.29, 0.717) is 12.5 Å². The maximum atomic E-state index is 7.78. The molecule has 0 aliphatic carbocycles. The van der Waals surface area contributed by atoms with Crippen LogP contribution < -0.4 is 4.74 Å². The zero-order valence-corrected chi connectivity index (χ0v) is 16.0. The monoisotopic (exact) mass is 380 g/mol. The summed E-state index contributed by atoms with van der Waals surface area (Å²) < 4.78 is 7.72. The summed E-state index contributed by atoms with van der Waals surface area (Å²) in [6.07, 6.45) is 7.24. The Balaban J connectivity index is 1.91. The summed E-state index contributed by atoms with van der Waals surface area (Å²) in [5.74, 6) is 1.22. The topological polar surface area (TPSA) is 63.8 Å². The summed E-state index contributed by atoms with van der Waals surface area (Å²) in [4.78, 5) is 4.53. The number of alkyl halides is 1. The van der Waals surface area contributed by atoms with Crippen LogP contribution in [0.15, 0.2) is 36.5 Å². The number of aromatic nitrogens is 3. The Morgan fingerprint density at radius 1 is 1.37 bits per heavy atom. The SMILES string of the molecule is C/C=C(\C=N)c1nn2c(c1-c1ccnc3cc(OCCCl)ccc13)CCC2. The second-order valence-electron chi connectivity index (χ2n) is 6.46. The lowest BCUT2D eigenvalue weighted by Crippen LogP contribution is -1.98. The standard InChI is InChI=1S/C21H21ClN4O/c1-2-14(13-23)21-20(19-4-3-10-26(19)25-21)17-7-9-24-18-12-15(27-11-8-22)5-6-16(17)18/h2,5-7,9,12-13,23H,3-4,8,10-11H2,1H3/b14-2+,23-13?. The highest BCUT2D eigenvalue weighted by Crippen LogP contribution is 2.38. The van der Waals surface area contributed by atoms with Gasteiger partial charge in [-0.25, -0.2) is 0 Å². The number of benzene rings is 1. The molecule has 1 aromatic carbocycles. The molecule has 0 spiro atoms. The molecule has 1 aliphatic heterocycles. The van der Waals surface area contributed by atoms with Crippen molar-refractivity contribution >= 4 is 34.3 Å². The van der Waals surface area contributed by atoms with Crippen LogP contribution >= 0.6 is 11.6 Å². The van der Waals surface area contributed by atoms with E-state index in [2.05, 4.69) is 9.67 Å². The number of aryl methyl sites for hydroxylation is 1. The highest BCUT2D eigenvalue weighted by atomic mass is 35.5. The predicted molar refractivity (Wildman–Crippen MR) is 110 cm³/mol. The molecule has 5 nitrogen and oxygen atoms in total. The number of ether oxygens (including phenoxy) is 1. The van der Waals surface area contributed by atoms with E-state index >= 15 is 0 Å². The molecule has 27 heavy (non-hydrogen) atoms. The molecule has 0 bridgehead atoms. The smallest absolute Gasteiger partial charge is 0.121 e. The first-order chi connectivity index (χ1) is 13.3. The van der Waals surface area contributed by atoms with Gasteiger partial charge < -0.3 is 10.1 Å². The largest absolute Gasteiger partial charge is 0.492 e. The van der Waals surface area contributed by atoms with Gasteiger partial charge in [-0.05, 0) is 43.5 Å². The molecule has 3 aromatic rings. The summed E-state index contributed by atoms with van der Waals surface area (Å²) in [5.41, 5.74) is 6.03. The maximum Gasteiger partial charge on any atom is 0.121 e. The van der Waals surface area contributed by atoms with Gasteiger partial charge in [-0.3, -0.25) is 9.67 Å². The lowest BCUT2D eigenvalue weighted by atomic mass is 9.95. The molecule has 0 fully saturated rings. The van der Waals surface area contributed by atoms with Gasteiger partial charge in [0.25, 0.3) is 0 Å². The lowest BCUT2D eigenvalue weighted by Gasteiger charge is -2.11. The summed E-state index contributed by atoms with van der Waals surface area (Å²) >= 11 is 5.72. The Morgan fingerprint density at radius 3 is 3.04 bits per heavy atom. The van der Waals surface area contributed by atoms with Gasteiger partial charge in [0.2, 0.25) is 0 Å². The van der Waals surface area contributed by atoms with Crippen LogP contribution in [0.5, 0.6) is 5.75 Å². The minimum absolute atomic E-state index is 0.452. The van der Waals surface area contributed by atoms with Crippen LogP contribution in [-0.4, -0.2) is 33.5 Å². The van der Waals surface area contributed by atoms with Crippen molar-refractivity contribution in [1.82, 2.24) is 14.8 Å². The molecule has 0 saturated carbocycles. The van der Waals surface area contributed by atoms with E-state index in [9.17, 15) is 0 Å². The zero-order valence-electron chi connectivity index (χ0n) is 15.2. The Labute approximate surface area is 163 Å². The molecular formula is C21H21ClN4O. The predicted octanol–water partition coefficient (Wildman–Crippen LogP) is 4.71. The molecule has 2 aromatic heterocycles. The Hall–Kier alpha value is -2.66. The average Bonchev–Trinajstić information content (AvgIpc) is 3.28. The summed E-state index contributed by atoms with van der Waals surface area (Å²) in [5, 5.41) is 13.7. The third-order valence-corrected chi connectivity index (χ3v) is 5.06. The fourth-order valence-electron chi connectivity index (χ4n) is 3.70. The molecule has 3 heterocycles. The van der Waals surface area contributed by atoms with Gasteiger partial charge in [0.05, 0.1) is 11.4 Å². The second kappa shape index (κ2) is 7.53. The number of halogens is 1. The van der Waals surface area contributed by atoms with E-state index in [0.717, 1.165) is 58.4 Å². The number of hydrogen-bond acceptors (Lipinski definition) is 4. The fourth-order valence-corrected chi connectivity index (χ4v) is 3.77. The highest BCUT2D eigenvalue weighted by molar-refractivity contribution is 6.18. The molecule has 1 aliphatic rings. The molecule has 1 N–H and O–H groups in total. The third-order valence-electron chi connectivity index (χ3n) is 4.91. The van der Waals surface area contributed by atoms with Crippen molar-refractivity contribution in [2.24, 2.45) is 0 Å². The quantitative estimate of drug-likeness (QED) is 0.497. The molecule has 0 unspecified atom stereocenters. The fraction of sp³-hybridized carbons (Fsp3) is 0.286. The lowest BCUT2D eigenvalue weighted by molar-refractivity contribution is 0.343. The van der Waals surface area contributed by atoms with E-state index in [4.69, 9.17) is 26.8 Å². The van der Waals surface area contributed by atoms with Gasteiger partial charge in [-0.15, -0.1) is 11.6 Å². The summed E-state index contributed by atoms with van der Waals surface area (Å²) in [6, 6.07) is 7.99. The van der Waals surface area contributed by atoms with E-state index in [1.54, 1.807) is 0 Å². The minimum atomic E-state index is 0.452.